The van der Waals surface area contributed by atoms with Gasteiger partial charge in [-0.05, 0) is 73.2 Å². The summed E-state index contributed by atoms with van der Waals surface area (Å²) in [6, 6.07) is 24.4. The number of pyridine rings is 1. The molecule has 0 unspecified atom stereocenters. The summed E-state index contributed by atoms with van der Waals surface area (Å²) in [5.41, 5.74) is 5.31. The quantitative estimate of drug-likeness (QED) is 0.434. The van der Waals surface area contributed by atoms with E-state index >= 15 is 0 Å². The number of thiocarbonyl (C=S) groups is 1. The van der Waals surface area contributed by atoms with Crippen LogP contribution in [0.5, 0.6) is 11.5 Å². The zero-order valence-corrected chi connectivity index (χ0v) is 18.8. The summed E-state index contributed by atoms with van der Waals surface area (Å²) in [7, 11) is 0. The molecule has 2 atom stereocenters. The molecule has 0 aliphatic carbocycles. The molecule has 1 N–H and O–H groups in total. The molecule has 1 fully saturated rings. The van der Waals surface area contributed by atoms with E-state index in [0.717, 1.165) is 34.3 Å². The highest BCUT2D eigenvalue weighted by atomic mass is 32.1. The highest BCUT2D eigenvalue weighted by molar-refractivity contribution is 7.80. The van der Waals surface area contributed by atoms with Crippen molar-refractivity contribution in [2.75, 3.05) is 11.7 Å². The van der Waals surface area contributed by atoms with Gasteiger partial charge < -0.3 is 24.3 Å². The monoisotopic (exact) mass is 454 g/mol. The first-order valence-electron chi connectivity index (χ1n) is 10.8. The molecule has 0 bridgehead atoms. The van der Waals surface area contributed by atoms with Crippen LogP contribution < -0.4 is 19.7 Å². The van der Waals surface area contributed by atoms with Crippen LogP contribution in [0.2, 0.25) is 0 Å². The maximum atomic E-state index is 5.87. The molecule has 0 amide bonds. The molecule has 2 aliphatic rings. The normalized spacial score (nSPS) is 19.1. The second-order valence-corrected chi connectivity index (χ2v) is 8.56. The van der Waals surface area contributed by atoms with Crippen LogP contribution >= 0.6 is 12.2 Å². The fourth-order valence-electron chi connectivity index (χ4n) is 4.62. The highest BCUT2D eigenvalue weighted by Gasteiger charge is 2.42. The Bertz CT molecular complexity index is 1340. The largest absolute Gasteiger partial charge is 0.454 e. The van der Waals surface area contributed by atoms with E-state index in [4.69, 9.17) is 21.7 Å². The van der Waals surface area contributed by atoms with Crippen molar-refractivity contribution in [2.24, 2.45) is 0 Å². The van der Waals surface area contributed by atoms with E-state index in [1.165, 1.54) is 5.56 Å². The molecule has 4 aromatic rings. The third-order valence-corrected chi connectivity index (χ3v) is 6.41. The summed E-state index contributed by atoms with van der Waals surface area (Å²) in [6.45, 7) is 2.34. The van der Waals surface area contributed by atoms with Crippen molar-refractivity contribution in [3.8, 4) is 17.2 Å². The molecule has 6 nitrogen and oxygen atoms in total. The van der Waals surface area contributed by atoms with Crippen LogP contribution in [0.15, 0.2) is 85.2 Å². The van der Waals surface area contributed by atoms with Crippen molar-refractivity contribution < 1.29 is 9.47 Å². The Morgan fingerprint density at radius 3 is 2.70 bits per heavy atom. The number of hydrogen-bond donors (Lipinski definition) is 1. The second kappa shape index (κ2) is 7.94. The van der Waals surface area contributed by atoms with Crippen molar-refractivity contribution in [2.45, 2.75) is 19.0 Å². The van der Waals surface area contributed by atoms with Gasteiger partial charge in [-0.15, -0.1) is 0 Å². The van der Waals surface area contributed by atoms with Gasteiger partial charge in [0.25, 0.3) is 0 Å². The minimum Gasteiger partial charge on any atom is -0.454 e. The number of rotatable bonds is 4. The molecule has 7 heteroatoms. The number of anilines is 1. The minimum atomic E-state index is -0.123. The third-order valence-electron chi connectivity index (χ3n) is 6.10. The number of benzene rings is 2. The lowest BCUT2D eigenvalue weighted by atomic mass is 10.0. The molecule has 33 heavy (non-hydrogen) atoms. The fourth-order valence-corrected chi connectivity index (χ4v) is 4.96. The van der Waals surface area contributed by atoms with Crippen molar-refractivity contribution in [3.05, 3.63) is 102 Å². The van der Waals surface area contributed by atoms with Crippen LogP contribution in [0, 0.1) is 6.92 Å². The van der Waals surface area contributed by atoms with Gasteiger partial charge in [-0.25, -0.2) is 0 Å². The van der Waals surface area contributed by atoms with E-state index in [9.17, 15) is 0 Å². The summed E-state index contributed by atoms with van der Waals surface area (Å²) < 4.78 is 13.4. The molecule has 6 rings (SSSR count). The lowest BCUT2D eigenvalue weighted by molar-refractivity contribution is 0.174. The van der Waals surface area contributed by atoms with E-state index in [-0.39, 0.29) is 18.9 Å². The molecule has 2 aliphatic heterocycles. The molecular formula is C26H22N4O2S. The molecule has 2 aromatic heterocycles. The summed E-state index contributed by atoms with van der Waals surface area (Å²) >= 11 is 5.87. The molecule has 0 radical (unpaired) electrons. The summed E-state index contributed by atoms with van der Waals surface area (Å²) in [4.78, 5) is 6.81. The number of fused-ring (bicyclic) bond motifs is 1. The van der Waals surface area contributed by atoms with Gasteiger partial charge in [0.05, 0.1) is 11.7 Å². The first-order valence-corrected chi connectivity index (χ1v) is 11.2. The Kier molecular flexibility index (Phi) is 4.77. The van der Waals surface area contributed by atoms with Crippen molar-refractivity contribution >= 4 is 23.0 Å². The Morgan fingerprint density at radius 2 is 1.85 bits per heavy atom. The van der Waals surface area contributed by atoms with Gasteiger partial charge in [0.15, 0.2) is 16.6 Å². The summed E-state index contributed by atoms with van der Waals surface area (Å²) in [5, 5.41) is 4.17. The zero-order valence-electron chi connectivity index (χ0n) is 18.0. The first kappa shape index (κ1) is 19.8. The topological polar surface area (TPSA) is 51.6 Å². The molecule has 164 valence electrons. The maximum absolute atomic E-state index is 5.87. The van der Waals surface area contributed by atoms with Crippen LogP contribution in [0.4, 0.5) is 5.69 Å². The fraction of sp³-hybridized carbons (Fsp3) is 0.154. The molecular weight excluding hydrogens is 432 g/mol. The van der Waals surface area contributed by atoms with E-state index < -0.39 is 0 Å². The molecule has 4 heterocycles. The standard InChI is InChI=1S/C26H22N4O2S/c1-17-6-4-7-18(14-17)29-13-5-9-21(29)25-24(20-8-2-3-12-27-20)28-26(33)30(25)19-10-11-22-23(15-19)32-16-31-22/h2-15,24-25H,16H2,1H3,(H,28,33)/t24-,25-/m1/s1. The first-order chi connectivity index (χ1) is 16.2. The van der Waals surface area contributed by atoms with E-state index in [1.54, 1.807) is 0 Å². The van der Waals surface area contributed by atoms with E-state index in [0.29, 0.717) is 5.11 Å². The predicted octanol–water partition coefficient (Wildman–Crippen LogP) is 5.09. The summed E-state index contributed by atoms with van der Waals surface area (Å²) in [5.74, 6) is 1.47. The molecule has 0 spiro atoms. The molecule has 2 aromatic carbocycles. The average Bonchev–Trinajstić information content (AvgIpc) is 3.57. The Balaban J connectivity index is 1.51. The van der Waals surface area contributed by atoms with E-state index in [1.807, 2.05) is 42.6 Å². The van der Waals surface area contributed by atoms with Gasteiger partial charge >= 0.3 is 0 Å². The molecule has 1 saturated heterocycles. The number of aromatic nitrogens is 2. The number of ether oxygens (including phenoxy) is 2. The van der Waals surface area contributed by atoms with Crippen LogP contribution in [-0.4, -0.2) is 21.5 Å². The average molecular weight is 455 g/mol. The number of hydrogen-bond acceptors (Lipinski definition) is 4. The Labute approximate surface area is 197 Å². The lowest BCUT2D eigenvalue weighted by Crippen LogP contribution is -2.30. The predicted molar refractivity (Wildman–Crippen MR) is 131 cm³/mol. The lowest BCUT2D eigenvalue weighted by Gasteiger charge is -2.29. The van der Waals surface area contributed by atoms with Gasteiger partial charge in [-0.1, -0.05) is 18.2 Å². The zero-order chi connectivity index (χ0) is 22.4. The molecule has 0 saturated carbocycles. The second-order valence-electron chi connectivity index (χ2n) is 8.18. The van der Waals surface area contributed by atoms with Crippen molar-refractivity contribution in [3.63, 3.8) is 0 Å². The van der Waals surface area contributed by atoms with Crippen LogP contribution in [0.25, 0.3) is 5.69 Å². The van der Waals surface area contributed by atoms with Crippen molar-refractivity contribution in [1.29, 1.82) is 0 Å². The highest BCUT2D eigenvalue weighted by Crippen LogP contribution is 2.44. The SMILES string of the molecule is Cc1cccc(-n2cccc2[C@@H]2[C@@H](c3ccccn3)NC(=S)N2c2ccc3c(c2)OCO3)c1. The van der Waals surface area contributed by atoms with E-state index in [2.05, 4.69) is 69.3 Å². The minimum absolute atomic E-state index is 0.122. The number of aryl methyl sites for hydroxylation is 1. The van der Waals surface area contributed by atoms with Gasteiger partial charge in [0, 0.05) is 35.5 Å². The number of nitrogens with zero attached hydrogens (tertiary/aromatic N) is 3. The van der Waals surface area contributed by atoms with Crippen LogP contribution in [0.3, 0.4) is 0 Å². The Morgan fingerprint density at radius 1 is 0.939 bits per heavy atom. The smallest absolute Gasteiger partial charge is 0.231 e. The third kappa shape index (κ3) is 3.41. The van der Waals surface area contributed by atoms with Crippen LogP contribution in [-0.2, 0) is 0 Å². The summed E-state index contributed by atoms with van der Waals surface area (Å²) in [6.07, 6.45) is 3.92. The van der Waals surface area contributed by atoms with Crippen LogP contribution in [0.1, 0.15) is 29.0 Å². The maximum Gasteiger partial charge on any atom is 0.231 e. The van der Waals surface area contributed by atoms with Gasteiger partial charge in [0.1, 0.15) is 6.04 Å². The van der Waals surface area contributed by atoms with Gasteiger partial charge in [-0.2, -0.15) is 0 Å². The van der Waals surface area contributed by atoms with Gasteiger partial charge in [-0.3, -0.25) is 4.98 Å². The van der Waals surface area contributed by atoms with Crippen molar-refractivity contribution in [1.82, 2.24) is 14.9 Å². The van der Waals surface area contributed by atoms with Gasteiger partial charge in [0.2, 0.25) is 6.79 Å². The Hall–Kier alpha value is -3.84. The number of nitrogens with one attached hydrogen (secondary N) is 1.